The van der Waals surface area contributed by atoms with Crippen molar-refractivity contribution in [1.82, 2.24) is 0 Å². The summed E-state index contributed by atoms with van der Waals surface area (Å²) in [6, 6.07) is 12.3. The molecule has 0 heterocycles. The summed E-state index contributed by atoms with van der Waals surface area (Å²) in [6.07, 6.45) is 5.10. The number of nitrogen functional groups attached to an aromatic ring is 1. The summed E-state index contributed by atoms with van der Waals surface area (Å²) in [5.74, 6) is 0. The highest BCUT2D eigenvalue weighted by Crippen LogP contribution is 2.32. The van der Waals surface area contributed by atoms with E-state index in [1.807, 2.05) is 38.4 Å². The van der Waals surface area contributed by atoms with Gasteiger partial charge in [0.15, 0.2) is 0 Å². The SMILES string of the molecule is C=C(c1ccc(N)cc1C)c1cc(C(/C=N\CCC)=C/C)ccc1NC. The molecule has 0 amide bonds. The normalized spacial score (nSPS) is 11.8. The summed E-state index contributed by atoms with van der Waals surface area (Å²) < 4.78 is 0. The number of allylic oxidation sites excluding steroid dienone is 2. The smallest absolute Gasteiger partial charge is 0.0417 e. The van der Waals surface area contributed by atoms with E-state index in [2.05, 4.69) is 55.0 Å². The zero-order valence-electron chi connectivity index (χ0n) is 16.3. The Morgan fingerprint density at radius 1 is 1.19 bits per heavy atom. The van der Waals surface area contributed by atoms with Crippen LogP contribution in [0.3, 0.4) is 0 Å². The number of hydrogen-bond acceptors (Lipinski definition) is 3. The molecule has 3 heteroatoms. The molecule has 0 bridgehead atoms. The third-order valence-electron chi connectivity index (χ3n) is 4.42. The molecule has 0 aliphatic heterocycles. The van der Waals surface area contributed by atoms with E-state index in [0.717, 1.165) is 57.7 Å². The zero-order valence-corrected chi connectivity index (χ0v) is 16.3. The fourth-order valence-electron chi connectivity index (χ4n) is 2.97. The third-order valence-corrected chi connectivity index (χ3v) is 4.42. The number of aliphatic imine (C=N–C) groups is 1. The highest BCUT2D eigenvalue weighted by molar-refractivity contribution is 6.10. The molecule has 0 saturated heterocycles. The minimum Gasteiger partial charge on any atom is -0.399 e. The second-order valence-corrected chi connectivity index (χ2v) is 6.34. The van der Waals surface area contributed by atoms with Crippen LogP contribution in [0.15, 0.2) is 54.0 Å². The fourth-order valence-corrected chi connectivity index (χ4v) is 2.97. The first-order chi connectivity index (χ1) is 12.5. The van der Waals surface area contributed by atoms with Gasteiger partial charge in [-0.05, 0) is 72.4 Å². The van der Waals surface area contributed by atoms with Crippen molar-refractivity contribution in [1.29, 1.82) is 0 Å². The minimum absolute atomic E-state index is 0.768. The van der Waals surface area contributed by atoms with Gasteiger partial charge in [0.1, 0.15) is 0 Å². The van der Waals surface area contributed by atoms with E-state index >= 15 is 0 Å². The Hall–Kier alpha value is -2.81. The third kappa shape index (κ3) is 4.42. The number of aryl methyl sites for hydroxylation is 1. The standard InChI is InChI=1S/C23H29N3/c1-6-12-26-15-18(7-2)19-8-11-23(25-5)22(14-19)17(4)21-10-9-20(24)13-16(21)3/h7-11,13-15,25H,4,6,12,24H2,1-3,5H3/b18-7+,26-15-. The lowest BCUT2D eigenvalue weighted by Gasteiger charge is -2.16. The lowest BCUT2D eigenvalue weighted by Crippen LogP contribution is -2.00. The minimum atomic E-state index is 0.768. The van der Waals surface area contributed by atoms with Gasteiger partial charge >= 0.3 is 0 Å². The number of nitrogens with two attached hydrogens (primary N) is 1. The average Bonchev–Trinajstić information content (AvgIpc) is 2.64. The highest BCUT2D eigenvalue weighted by Gasteiger charge is 2.12. The number of nitrogens with zero attached hydrogens (tertiary/aromatic N) is 1. The van der Waals surface area contributed by atoms with Crippen molar-refractivity contribution < 1.29 is 0 Å². The van der Waals surface area contributed by atoms with Crippen molar-refractivity contribution in [3.8, 4) is 0 Å². The Labute approximate surface area is 157 Å². The molecule has 0 atom stereocenters. The van der Waals surface area contributed by atoms with Crippen molar-refractivity contribution in [2.24, 2.45) is 4.99 Å². The monoisotopic (exact) mass is 347 g/mol. The molecule has 0 saturated carbocycles. The summed E-state index contributed by atoms with van der Waals surface area (Å²) in [6.45, 7) is 11.4. The van der Waals surface area contributed by atoms with Gasteiger partial charge in [0, 0.05) is 36.7 Å². The molecule has 136 valence electrons. The molecular weight excluding hydrogens is 318 g/mol. The van der Waals surface area contributed by atoms with E-state index in [0.29, 0.717) is 0 Å². The number of benzene rings is 2. The maximum absolute atomic E-state index is 5.90. The van der Waals surface area contributed by atoms with Crippen molar-refractivity contribution >= 4 is 28.7 Å². The first-order valence-corrected chi connectivity index (χ1v) is 9.05. The number of nitrogens with one attached hydrogen (secondary N) is 1. The van der Waals surface area contributed by atoms with E-state index < -0.39 is 0 Å². The Morgan fingerprint density at radius 3 is 2.58 bits per heavy atom. The summed E-state index contributed by atoms with van der Waals surface area (Å²) in [7, 11) is 1.93. The van der Waals surface area contributed by atoms with Crippen LogP contribution in [0.5, 0.6) is 0 Å². The topological polar surface area (TPSA) is 50.4 Å². The number of anilines is 2. The van der Waals surface area contributed by atoms with E-state index in [4.69, 9.17) is 5.73 Å². The van der Waals surface area contributed by atoms with E-state index in [1.165, 1.54) is 0 Å². The molecule has 3 nitrogen and oxygen atoms in total. The van der Waals surface area contributed by atoms with Gasteiger partial charge in [-0.1, -0.05) is 31.7 Å². The van der Waals surface area contributed by atoms with Crippen LogP contribution < -0.4 is 11.1 Å². The first kappa shape index (κ1) is 19.5. The lowest BCUT2D eigenvalue weighted by molar-refractivity contribution is 0.938. The van der Waals surface area contributed by atoms with Crippen LogP contribution in [0, 0.1) is 6.92 Å². The second-order valence-electron chi connectivity index (χ2n) is 6.34. The molecule has 2 aromatic carbocycles. The summed E-state index contributed by atoms with van der Waals surface area (Å²) in [5, 5.41) is 3.27. The van der Waals surface area contributed by atoms with E-state index in [-0.39, 0.29) is 0 Å². The Morgan fingerprint density at radius 2 is 1.96 bits per heavy atom. The van der Waals surface area contributed by atoms with Crippen molar-refractivity contribution in [2.75, 3.05) is 24.6 Å². The molecular formula is C23H29N3. The van der Waals surface area contributed by atoms with Gasteiger partial charge in [0.25, 0.3) is 0 Å². The molecule has 26 heavy (non-hydrogen) atoms. The molecule has 2 aromatic rings. The maximum Gasteiger partial charge on any atom is 0.0417 e. The van der Waals surface area contributed by atoms with Crippen LogP contribution >= 0.6 is 0 Å². The summed E-state index contributed by atoms with van der Waals surface area (Å²) in [4.78, 5) is 4.49. The zero-order chi connectivity index (χ0) is 19.1. The van der Waals surface area contributed by atoms with Gasteiger partial charge < -0.3 is 11.1 Å². The summed E-state index contributed by atoms with van der Waals surface area (Å²) in [5.41, 5.74) is 14.3. The number of rotatable bonds is 7. The van der Waals surface area contributed by atoms with Gasteiger partial charge in [-0.15, -0.1) is 0 Å². The van der Waals surface area contributed by atoms with Crippen LogP contribution in [0.2, 0.25) is 0 Å². The predicted octanol–water partition coefficient (Wildman–Crippen LogP) is 5.56. The van der Waals surface area contributed by atoms with Crippen molar-refractivity contribution in [2.45, 2.75) is 27.2 Å². The van der Waals surface area contributed by atoms with Crippen LogP contribution in [-0.2, 0) is 0 Å². The number of hydrogen-bond donors (Lipinski definition) is 2. The van der Waals surface area contributed by atoms with Gasteiger partial charge in [-0.3, -0.25) is 4.99 Å². The largest absolute Gasteiger partial charge is 0.399 e. The maximum atomic E-state index is 5.90. The Kier molecular flexibility index (Phi) is 6.79. The molecule has 0 fully saturated rings. The van der Waals surface area contributed by atoms with Crippen molar-refractivity contribution in [3.05, 3.63) is 71.3 Å². The second kappa shape index (κ2) is 9.04. The Balaban J connectivity index is 2.48. The lowest BCUT2D eigenvalue weighted by atomic mass is 9.92. The molecule has 3 N–H and O–H groups in total. The van der Waals surface area contributed by atoms with Crippen molar-refractivity contribution in [3.63, 3.8) is 0 Å². The average molecular weight is 348 g/mol. The van der Waals surface area contributed by atoms with Crippen LogP contribution in [0.25, 0.3) is 11.1 Å². The van der Waals surface area contributed by atoms with Crippen LogP contribution in [0.1, 0.15) is 42.5 Å². The molecule has 0 radical (unpaired) electrons. The molecule has 0 aliphatic carbocycles. The first-order valence-electron chi connectivity index (χ1n) is 9.05. The van der Waals surface area contributed by atoms with E-state index in [1.54, 1.807) is 0 Å². The van der Waals surface area contributed by atoms with E-state index in [9.17, 15) is 0 Å². The Bertz CT molecular complexity index is 845. The molecule has 0 unspecified atom stereocenters. The predicted molar refractivity (Wildman–Crippen MR) is 117 cm³/mol. The van der Waals surface area contributed by atoms with Gasteiger partial charge in [-0.2, -0.15) is 0 Å². The van der Waals surface area contributed by atoms with Crippen LogP contribution in [0.4, 0.5) is 11.4 Å². The van der Waals surface area contributed by atoms with Gasteiger partial charge in [0.2, 0.25) is 0 Å². The molecule has 0 aliphatic rings. The molecule has 0 spiro atoms. The quantitative estimate of drug-likeness (QED) is 0.508. The summed E-state index contributed by atoms with van der Waals surface area (Å²) >= 11 is 0. The molecule has 0 aromatic heterocycles. The molecule has 2 rings (SSSR count). The van der Waals surface area contributed by atoms with Gasteiger partial charge in [0.05, 0.1) is 0 Å². The highest BCUT2D eigenvalue weighted by atomic mass is 14.8. The fraction of sp³-hybridized carbons (Fsp3) is 0.261. The van der Waals surface area contributed by atoms with Crippen LogP contribution in [-0.4, -0.2) is 19.8 Å². The van der Waals surface area contributed by atoms with Gasteiger partial charge in [-0.25, -0.2) is 0 Å².